The van der Waals surface area contributed by atoms with E-state index < -0.39 is 21.9 Å². The Morgan fingerprint density at radius 3 is 2.71 bits per heavy atom. The van der Waals surface area contributed by atoms with Gasteiger partial charge in [-0.3, -0.25) is 14.9 Å². The highest BCUT2D eigenvalue weighted by Gasteiger charge is 2.24. The van der Waals surface area contributed by atoms with Crippen molar-refractivity contribution >= 4 is 28.2 Å². The van der Waals surface area contributed by atoms with Gasteiger partial charge in [0.1, 0.15) is 0 Å². The molecule has 0 radical (unpaired) electrons. The first-order chi connectivity index (χ1) is 7.93. The summed E-state index contributed by atoms with van der Waals surface area (Å²) < 4.78 is 1.10. The number of hydrogen-bond donors (Lipinski definition) is 1. The molecular formula is C10H7ClN2O4. The lowest BCUT2D eigenvalue weighted by Crippen LogP contribution is -2.20. The second-order valence-corrected chi connectivity index (χ2v) is 3.92. The Morgan fingerprint density at radius 1 is 1.47 bits per heavy atom. The fourth-order valence-electron chi connectivity index (χ4n) is 1.65. The van der Waals surface area contributed by atoms with Gasteiger partial charge >= 0.3 is 11.2 Å². The predicted molar refractivity (Wildman–Crippen MR) is 62.5 cm³/mol. The van der Waals surface area contributed by atoms with Crippen molar-refractivity contribution in [1.29, 1.82) is 0 Å². The van der Waals surface area contributed by atoms with E-state index >= 15 is 0 Å². The number of aromatic nitrogens is 1. The minimum Gasteiger partial charge on any atom is -0.501 e. The molecule has 2 rings (SSSR count). The van der Waals surface area contributed by atoms with E-state index in [2.05, 4.69) is 0 Å². The number of fused-ring (bicyclic) bond motifs is 1. The predicted octanol–water partition coefficient (Wildman–Crippen LogP) is 1.81. The molecule has 0 saturated heterocycles. The van der Waals surface area contributed by atoms with Gasteiger partial charge in [0.15, 0.2) is 0 Å². The Hall–Kier alpha value is -2.08. The van der Waals surface area contributed by atoms with Crippen LogP contribution in [0.15, 0.2) is 23.0 Å². The zero-order chi connectivity index (χ0) is 12.7. The largest absolute Gasteiger partial charge is 0.501 e. The average molecular weight is 255 g/mol. The number of pyridine rings is 1. The van der Waals surface area contributed by atoms with Gasteiger partial charge in [-0.25, -0.2) is 0 Å². The highest BCUT2D eigenvalue weighted by Crippen LogP contribution is 2.32. The SMILES string of the molecule is Cn1c(=O)c([N+](=O)[O-])c(O)c2cc(Cl)ccc21. The van der Waals surface area contributed by atoms with Crippen LogP contribution in [-0.2, 0) is 7.05 Å². The Labute approximate surface area is 99.8 Å². The molecule has 0 fully saturated rings. The van der Waals surface area contributed by atoms with Crippen LogP contribution >= 0.6 is 11.6 Å². The third kappa shape index (κ3) is 1.62. The van der Waals surface area contributed by atoms with Crippen LogP contribution in [0.1, 0.15) is 0 Å². The average Bonchev–Trinajstić information content (AvgIpc) is 2.26. The molecule has 0 bridgehead atoms. The third-order valence-electron chi connectivity index (χ3n) is 2.49. The summed E-state index contributed by atoms with van der Waals surface area (Å²) in [4.78, 5) is 21.5. The lowest BCUT2D eigenvalue weighted by Gasteiger charge is -2.07. The number of halogens is 1. The second-order valence-electron chi connectivity index (χ2n) is 3.48. The quantitative estimate of drug-likeness (QED) is 0.621. The molecule has 1 aromatic carbocycles. The van der Waals surface area contributed by atoms with Crippen molar-refractivity contribution in [1.82, 2.24) is 4.57 Å². The van der Waals surface area contributed by atoms with E-state index in [9.17, 15) is 20.0 Å². The molecule has 1 N–H and O–H groups in total. The maximum atomic E-state index is 11.7. The van der Waals surface area contributed by atoms with E-state index in [1.165, 1.54) is 25.2 Å². The van der Waals surface area contributed by atoms with Crippen molar-refractivity contribution in [2.75, 3.05) is 0 Å². The van der Waals surface area contributed by atoms with Gasteiger partial charge in [-0.05, 0) is 18.2 Å². The van der Waals surface area contributed by atoms with E-state index in [1.807, 2.05) is 0 Å². The maximum absolute atomic E-state index is 11.7. The Balaban J connectivity index is 3.06. The van der Waals surface area contributed by atoms with Crippen molar-refractivity contribution in [2.45, 2.75) is 0 Å². The molecule has 1 aromatic heterocycles. The fraction of sp³-hybridized carbons (Fsp3) is 0.100. The molecule has 0 amide bonds. The summed E-state index contributed by atoms with van der Waals surface area (Å²) >= 11 is 5.75. The minimum absolute atomic E-state index is 0.173. The summed E-state index contributed by atoms with van der Waals surface area (Å²) in [7, 11) is 1.39. The smallest absolute Gasteiger partial charge is 0.375 e. The molecule has 1 heterocycles. The van der Waals surface area contributed by atoms with Crippen LogP contribution < -0.4 is 5.56 Å². The van der Waals surface area contributed by atoms with Crippen molar-refractivity contribution in [3.05, 3.63) is 43.7 Å². The van der Waals surface area contributed by atoms with Crippen LogP contribution in [0.3, 0.4) is 0 Å². The molecule has 0 aliphatic rings. The molecule has 2 aromatic rings. The molecule has 7 heteroatoms. The summed E-state index contributed by atoms with van der Waals surface area (Å²) in [5, 5.41) is 21.0. The number of benzene rings is 1. The van der Waals surface area contributed by atoms with E-state index in [0.717, 1.165) is 4.57 Å². The first-order valence-corrected chi connectivity index (χ1v) is 4.97. The van der Waals surface area contributed by atoms with Crippen LogP contribution in [-0.4, -0.2) is 14.6 Å². The zero-order valence-electron chi connectivity index (χ0n) is 8.68. The Kier molecular flexibility index (Phi) is 2.51. The first kappa shape index (κ1) is 11.4. The summed E-state index contributed by atoms with van der Waals surface area (Å²) in [6.45, 7) is 0. The van der Waals surface area contributed by atoms with Crippen molar-refractivity contribution < 1.29 is 10.0 Å². The van der Waals surface area contributed by atoms with Crippen molar-refractivity contribution in [3.8, 4) is 5.75 Å². The van der Waals surface area contributed by atoms with Crippen LogP contribution in [0.4, 0.5) is 5.69 Å². The summed E-state index contributed by atoms with van der Waals surface area (Å²) in [5.41, 5.74) is -1.33. The number of nitro groups is 1. The van der Waals surface area contributed by atoms with Gasteiger partial charge in [-0.2, -0.15) is 0 Å². The molecule has 0 aliphatic heterocycles. The zero-order valence-corrected chi connectivity index (χ0v) is 9.43. The van der Waals surface area contributed by atoms with E-state index in [4.69, 9.17) is 11.6 Å². The Bertz CT molecular complexity index is 693. The van der Waals surface area contributed by atoms with Crippen molar-refractivity contribution in [3.63, 3.8) is 0 Å². The number of aromatic hydroxyl groups is 1. The lowest BCUT2D eigenvalue weighted by molar-refractivity contribution is -0.387. The van der Waals surface area contributed by atoms with Gasteiger partial charge in [-0.15, -0.1) is 0 Å². The molecule has 88 valence electrons. The molecule has 0 unspecified atom stereocenters. The number of hydrogen-bond acceptors (Lipinski definition) is 4. The van der Waals surface area contributed by atoms with Gasteiger partial charge in [0, 0.05) is 17.5 Å². The van der Waals surface area contributed by atoms with Crippen LogP contribution in [0.25, 0.3) is 10.9 Å². The van der Waals surface area contributed by atoms with Crippen LogP contribution in [0, 0.1) is 10.1 Å². The maximum Gasteiger partial charge on any atom is 0.375 e. The fourth-order valence-corrected chi connectivity index (χ4v) is 1.82. The number of nitrogens with zero attached hydrogens (tertiary/aromatic N) is 2. The van der Waals surface area contributed by atoms with E-state index in [0.29, 0.717) is 10.5 Å². The van der Waals surface area contributed by atoms with Gasteiger partial charge < -0.3 is 9.67 Å². The van der Waals surface area contributed by atoms with Crippen molar-refractivity contribution in [2.24, 2.45) is 7.05 Å². The monoisotopic (exact) mass is 254 g/mol. The molecule has 0 atom stereocenters. The second kappa shape index (κ2) is 3.74. The topological polar surface area (TPSA) is 85.4 Å². The molecule has 0 spiro atoms. The molecule has 0 saturated carbocycles. The molecule has 0 aliphatic carbocycles. The van der Waals surface area contributed by atoms with Crippen LogP contribution in [0.5, 0.6) is 5.75 Å². The van der Waals surface area contributed by atoms with Gasteiger partial charge in [0.05, 0.1) is 10.4 Å². The van der Waals surface area contributed by atoms with E-state index in [1.54, 1.807) is 0 Å². The molecule has 6 nitrogen and oxygen atoms in total. The number of aryl methyl sites for hydroxylation is 1. The Morgan fingerprint density at radius 2 is 2.12 bits per heavy atom. The summed E-state index contributed by atoms with van der Waals surface area (Å²) in [6, 6.07) is 4.43. The first-order valence-electron chi connectivity index (χ1n) is 4.59. The standard InChI is InChI=1S/C10H7ClN2O4/c1-12-7-3-2-5(11)4-6(7)9(14)8(10(12)15)13(16)17/h2-4,14H,1H3. The third-order valence-corrected chi connectivity index (χ3v) is 2.72. The molecule has 17 heavy (non-hydrogen) atoms. The molecular weight excluding hydrogens is 248 g/mol. The van der Waals surface area contributed by atoms with Gasteiger partial charge in [-0.1, -0.05) is 11.6 Å². The summed E-state index contributed by atoms with van der Waals surface area (Å²) in [6.07, 6.45) is 0. The van der Waals surface area contributed by atoms with E-state index in [-0.39, 0.29) is 5.39 Å². The highest BCUT2D eigenvalue weighted by molar-refractivity contribution is 6.31. The van der Waals surface area contributed by atoms with Gasteiger partial charge in [0.25, 0.3) is 0 Å². The normalized spacial score (nSPS) is 10.7. The summed E-state index contributed by atoms with van der Waals surface area (Å²) in [5.74, 6) is -0.657. The van der Waals surface area contributed by atoms with Gasteiger partial charge in [0.2, 0.25) is 5.75 Å². The highest BCUT2D eigenvalue weighted by atomic mass is 35.5. The number of rotatable bonds is 1. The minimum atomic E-state index is -0.905. The van der Waals surface area contributed by atoms with Crippen LogP contribution in [0.2, 0.25) is 5.02 Å². The lowest BCUT2D eigenvalue weighted by atomic mass is 10.2.